The molecule has 0 aromatic heterocycles. The largest absolute Gasteiger partial charge is 0.316 e. The highest BCUT2D eigenvalue weighted by molar-refractivity contribution is 5.67. The highest BCUT2D eigenvalue weighted by Crippen LogP contribution is 2.25. The molecule has 88 valence electrons. The van der Waals surface area contributed by atoms with E-state index in [-0.39, 0.29) is 11.6 Å². The Balaban J connectivity index is 2.52. The van der Waals surface area contributed by atoms with Gasteiger partial charge in [-0.05, 0) is 48.0 Å². The average Bonchev–Trinajstić information content (AvgIpc) is 2.32. The maximum atomic E-state index is 13.3. The molecule has 2 aromatic rings. The van der Waals surface area contributed by atoms with Gasteiger partial charge in [0.05, 0.1) is 0 Å². The monoisotopic (exact) mass is 233 g/mol. The van der Waals surface area contributed by atoms with E-state index in [1.165, 1.54) is 24.3 Å². The lowest BCUT2D eigenvalue weighted by atomic mass is 9.99. The van der Waals surface area contributed by atoms with Gasteiger partial charge in [-0.25, -0.2) is 8.78 Å². The maximum absolute atomic E-state index is 13.3. The van der Waals surface area contributed by atoms with Gasteiger partial charge in [-0.2, -0.15) is 0 Å². The summed E-state index contributed by atoms with van der Waals surface area (Å²) in [6.45, 7) is 0.617. The van der Waals surface area contributed by atoms with Gasteiger partial charge in [0.25, 0.3) is 0 Å². The van der Waals surface area contributed by atoms with Crippen molar-refractivity contribution in [1.82, 2.24) is 5.32 Å². The smallest absolute Gasteiger partial charge is 0.123 e. The van der Waals surface area contributed by atoms with Gasteiger partial charge in [0.2, 0.25) is 0 Å². The Hall–Kier alpha value is -1.74. The van der Waals surface area contributed by atoms with Gasteiger partial charge in [-0.15, -0.1) is 0 Å². The Morgan fingerprint density at radius 2 is 1.76 bits per heavy atom. The van der Waals surface area contributed by atoms with Crippen molar-refractivity contribution in [3.63, 3.8) is 0 Å². The van der Waals surface area contributed by atoms with Crippen LogP contribution in [0.1, 0.15) is 5.56 Å². The van der Waals surface area contributed by atoms with Gasteiger partial charge in [0.1, 0.15) is 11.6 Å². The van der Waals surface area contributed by atoms with E-state index in [1.54, 1.807) is 18.2 Å². The maximum Gasteiger partial charge on any atom is 0.123 e. The standard InChI is InChI=1S/C14H13F2N/c1-17-9-11-5-6-13(16)8-14(11)10-3-2-4-12(15)7-10/h2-8,17H,9H2,1H3. The van der Waals surface area contributed by atoms with E-state index in [4.69, 9.17) is 0 Å². The fourth-order valence-corrected chi connectivity index (χ4v) is 1.82. The minimum Gasteiger partial charge on any atom is -0.316 e. The van der Waals surface area contributed by atoms with Crippen LogP contribution in [0.2, 0.25) is 0 Å². The van der Waals surface area contributed by atoms with Crippen molar-refractivity contribution in [2.45, 2.75) is 6.54 Å². The first-order valence-corrected chi connectivity index (χ1v) is 5.39. The molecule has 0 aliphatic carbocycles. The fourth-order valence-electron chi connectivity index (χ4n) is 1.82. The molecule has 1 N–H and O–H groups in total. The molecule has 0 aliphatic heterocycles. The van der Waals surface area contributed by atoms with Crippen molar-refractivity contribution in [1.29, 1.82) is 0 Å². The van der Waals surface area contributed by atoms with Crippen LogP contribution < -0.4 is 5.32 Å². The molecule has 0 heterocycles. The summed E-state index contributed by atoms with van der Waals surface area (Å²) < 4.78 is 26.4. The number of hydrogen-bond acceptors (Lipinski definition) is 1. The molecule has 2 aromatic carbocycles. The molecular weight excluding hydrogens is 220 g/mol. The molecule has 2 rings (SSSR count). The second kappa shape index (κ2) is 5.06. The van der Waals surface area contributed by atoms with E-state index in [0.29, 0.717) is 12.1 Å². The van der Waals surface area contributed by atoms with Crippen molar-refractivity contribution in [3.05, 3.63) is 59.7 Å². The topological polar surface area (TPSA) is 12.0 Å². The molecule has 0 radical (unpaired) electrons. The zero-order valence-corrected chi connectivity index (χ0v) is 9.50. The summed E-state index contributed by atoms with van der Waals surface area (Å²) in [4.78, 5) is 0. The van der Waals surface area contributed by atoms with Gasteiger partial charge in [0, 0.05) is 6.54 Å². The summed E-state index contributed by atoms with van der Waals surface area (Å²) >= 11 is 0. The molecule has 0 unspecified atom stereocenters. The molecule has 0 amide bonds. The van der Waals surface area contributed by atoms with Gasteiger partial charge in [0.15, 0.2) is 0 Å². The Kier molecular flexibility index (Phi) is 3.49. The van der Waals surface area contributed by atoms with Crippen LogP contribution in [0.15, 0.2) is 42.5 Å². The highest BCUT2D eigenvalue weighted by Gasteiger charge is 2.06. The molecule has 3 heteroatoms. The summed E-state index contributed by atoms with van der Waals surface area (Å²) in [5.74, 6) is -0.633. The number of halogens is 2. The van der Waals surface area contributed by atoms with Crippen molar-refractivity contribution >= 4 is 0 Å². The van der Waals surface area contributed by atoms with Crippen LogP contribution in [0.25, 0.3) is 11.1 Å². The second-order valence-electron chi connectivity index (χ2n) is 3.84. The SMILES string of the molecule is CNCc1ccc(F)cc1-c1cccc(F)c1. The van der Waals surface area contributed by atoms with Crippen LogP contribution in [-0.4, -0.2) is 7.05 Å². The zero-order valence-electron chi connectivity index (χ0n) is 9.50. The summed E-state index contributed by atoms with van der Waals surface area (Å²) in [6.07, 6.45) is 0. The highest BCUT2D eigenvalue weighted by atomic mass is 19.1. The molecule has 17 heavy (non-hydrogen) atoms. The molecular formula is C14H13F2N. The summed E-state index contributed by atoms with van der Waals surface area (Å²) in [5, 5.41) is 3.01. The van der Waals surface area contributed by atoms with E-state index in [0.717, 1.165) is 11.1 Å². The fraction of sp³-hybridized carbons (Fsp3) is 0.143. The molecule has 1 nitrogen and oxygen atoms in total. The third kappa shape index (κ3) is 2.68. The average molecular weight is 233 g/mol. The molecule has 0 bridgehead atoms. The van der Waals surface area contributed by atoms with Gasteiger partial charge in [-0.1, -0.05) is 18.2 Å². The molecule has 0 saturated heterocycles. The van der Waals surface area contributed by atoms with Crippen LogP contribution in [0.3, 0.4) is 0 Å². The molecule has 0 atom stereocenters. The van der Waals surface area contributed by atoms with Gasteiger partial charge < -0.3 is 5.32 Å². The molecule has 0 spiro atoms. The third-order valence-electron chi connectivity index (χ3n) is 2.57. The minimum atomic E-state index is -0.317. The van der Waals surface area contributed by atoms with E-state index in [1.807, 2.05) is 7.05 Å². The minimum absolute atomic E-state index is 0.316. The Labute approximate surface area is 99.1 Å². The zero-order chi connectivity index (χ0) is 12.3. The molecule has 0 aliphatic rings. The normalized spacial score (nSPS) is 10.5. The second-order valence-corrected chi connectivity index (χ2v) is 3.84. The first kappa shape index (κ1) is 11.7. The van der Waals surface area contributed by atoms with Crippen molar-refractivity contribution in [2.24, 2.45) is 0 Å². The molecule has 0 saturated carbocycles. The lowest BCUT2D eigenvalue weighted by Gasteiger charge is -2.09. The lowest BCUT2D eigenvalue weighted by molar-refractivity contribution is 0.625. The number of benzene rings is 2. The third-order valence-corrected chi connectivity index (χ3v) is 2.57. The van der Waals surface area contributed by atoms with Crippen LogP contribution in [-0.2, 0) is 6.54 Å². The predicted octanol–water partition coefficient (Wildman–Crippen LogP) is 3.35. The lowest BCUT2D eigenvalue weighted by Crippen LogP contribution is -2.06. The van der Waals surface area contributed by atoms with Gasteiger partial charge >= 0.3 is 0 Å². The van der Waals surface area contributed by atoms with Crippen molar-refractivity contribution in [3.8, 4) is 11.1 Å². The van der Waals surface area contributed by atoms with E-state index in [9.17, 15) is 8.78 Å². The first-order valence-electron chi connectivity index (χ1n) is 5.39. The quantitative estimate of drug-likeness (QED) is 0.857. The summed E-state index contributed by atoms with van der Waals surface area (Å²) in [5.41, 5.74) is 2.35. The summed E-state index contributed by atoms with van der Waals surface area (Å²) in [6, 6.07) is 10.7. The van der Waals surface area contributed by atoms with E-state index < -0.39 is 0 Å². The van der Waals surface area contributed by atoms with Crippen LogP contribution >= 0.6 is 0 Å². The summed E-state index contributed by atoms with van der Waals surface area (Å²) in [7, 11) is 1.82. The Morgan fingerprint density at radius 1 is 1.00 bits per heavy atom. The van der Waals surface area contributed by atoms with Crippen LogP contribution in [0, 0.1) is 11.6 Å². The number of rotatable bonds is 3. The number of hydrogen-bond donors (Lipinski definition) is 1. The van der Waals surface area contributed by atoms with Crippen molar-refractivity contribution in [2.75, 3.05) is 7.05 Å². The van der Waals surface area contributed by atoms with E-state index in [2.05, 4.69) is 5.32 Å². The van der Waals surface area contributed by atoms with Crippen molar-refractivity contribution < 1.29 is 8.78 Å². The number of nitrogens with one attached hydrogen (secondary N) is 1. The van der Waals surface area contributed by atoms with E-state index >= 15 is 0 Å². The van der Waals surface area contributed by atoms with Gasteiger partial charge in [-0.3, -0.25) is 0 Å². The van der Waals surface area contributed by atoms with Crippen LogP contribution in [0.5, 0.6) is 0 Å². The molecule has 0 fully saturated rings. The Morgan fingerprint density at radius 3 is 2.47 bits per heavy atom. The van der Waals surface area contributed by atoms with Crippen LogP contribution in [0.4, 0.5) is 8.78 Å². The predicted molar refractivity (Wildman–Crippen MR) is 64.6 cm³/mol. The Bertz CT molecular complexity index is 523. The first-order chi connectivity index (χ1) is 8.20.